The van der Waals surface area contributed by atoms with E-state index < -0.39 is 11.9 Å². The summed E-state index contributed by atoms with van der Waals surface area (Å²) in [5.74, 6) is -0.000198. The molecule has 0 saturated carbocycles. The minimum Gasteiger partial charge on any atom is -0.497 e. The summed E-state index contributed by atoms with van der Waals surface area (Å²) < 4.78 is 11.3. The number of hydrogen-bond acceptors (Lipinski definition) is 5. The number of likely N-dealkylation sites (N-methyl/N-ethyl adjacent to an activating group) is 1. The van der Waals surface area contributed by atoms with E-state index in [4.69, 9.17) is 9.47 Å². The number of rotatable bonds is 11. The SMILES string of the molecule is CCN(CC)CCOc1cc(OC)ccc1CC(C(=O)O)c1cccs1. The number of methoxy groups -OCH3 is 1. The van der Waals surface area contributed by atoms with Crippen molar-refractivity contribution in [3.05, 3.63) is 46.2 Å². The molecule has 5 nitrogen and oxygen atoms in total. The Morgan fingerprint density at radius 3 is 2.62 bits per heavy atom. The summed E-state index contributed by atoms with van der Waals surface area (Å²) >= 11 is 1.47. The van der Waals surface area contributed by atoms with Gasteiger partial charge in [0.25, 0.3) is 0 Å². The van der Waals surface area contributed by atoms with Crippen molar-refractivity contribution in [2.24, 2.45) is 0 Å². The number of hydrogen-bond donors (Lipinski definition) is 1. The first-order valence-corrected chi connectivity index (χ1v) is 9.75. The smallest absolute Gasteiger partial charge is 0.312 e. The van der Waals surface area contributed by atoms with Crippen molar-refractivity contribution in [3.8, 4) is 11.5 Å². The van der Waals surface area contributed by atoms with Gasteiger partial charge in [0.1, 0.15) is 18.1 Å². The van der Waals surface area contributed by atoms with E-state index >= 15 is 0 Å². The molecule has 2 aromatic rings. The monoisotopic (exact) mass is 377 g/mol. The molecular formula is C20H27NO4S. The summed E-state index contributed by atoms with van der Waals surface area (Å²) in [5.41, 5.74) is 0.881. The molecule has 0 aliphatic carbocycles. The number of nitrogens with zero attached hydrogens (tertiary/aromatic N) is 1. The Balaban J connectivity index is 2.17. The van der Waals surface area contributed by atoms with E-state index in [-0.39, 0.29) is 0 Å². The van der Waals surface area contributed by atoms with Crippen molar-refractivity contribution in [2.45, 2.75) is 26.2 Å². The fraction of sp³-hybridized carbons (Fsp3) is 0.450. The second kappa shape index (κ2) is 10.2. The molecule has 1 aromatic carbocycles. The van der Waals surface area contributed by atoms with Crippen LogP contribution in [-0.2, 0) is 11.2 Å². The molecule has 0 saturated heterocycles. The van der Waals surface area contributed by atoms with Crippen LogP contribution < -0.4 is 9.47 Å². The van der Waals surface area contributed by atoms with E-state index in [0.717, 1.165) is 30.1 Å². The van der Waals surface area contributed by atoms with Crippen molar-refractivity contribution < 1.29 is 19.4 Å². The summed E-state index contributed by atoms with van der Waals surface area (Å²) in [5, 5.41) is 11.5. The Hall–Kier alpha value is -2.05. The van der Waals surface area contributed by atoms with E-state index in [0.29, 0.717) is 24.5 Å². The summed E-state index contributed by atoms with van der Waals surface area (Å²) in [4.78, 5) is 14.9. The van der Waals surface area contributed by atoms with Gasteiger partial charge in [0.05, 0.1) is 13.0 Å². The average Bonchev–Trinajstić information content (AvgIpc) is 3.17. The van der Waals surface area contributed by atoms with Gasteiger partial charge in [0, 0.05) is 17.5 Å². The lowest BCUT2D eigenvalue weighted by molar-refractivity contribution is -0.138. The maximum Gasteiger partial charge on any atom is 0.312 e. The van der Waals surface area contributed by atoms with Gasteiger partial charge in [-0.1, -0.05) is 26.0 Å². The van der Waals surface area contributed by atoms with Crippen molar-refractivity contribution in [1.29, 1.82) is 0 Å². The highest BCUT2D eigenvalue weighted by atomic mass is 32.1. The van der Waals surface area contributed by atoms with Crippen LogP contribution in [0.3, 0.4) is 0 Å². The molecule has 142 valence electrons. The Kier molecular flexibility index (Phi) is 7.94. The van der Waals surface area contributed by atoms with Crippen LogP contribution in [-0.4, -0.2) is 49.3 Å². The predicted octanol–water partition coefficient (Wildman–Crippen LogP) is 3.89. The first-order chi connectivity index (χ1) is 12.6. The van der Waals surface area contributed by atoms with Crippen molar-refractivity contribution >= 4 is 17.3 Å². The first kappa shape index (κ1) is 20.3. The Bertz CT molecular complexity index is 683. The van der Waals surface area contributed by atoms with Crippen LogP contribution in [0.4, 0.5) is 0 Å². The Morgan fingerprint density at radius 2 is 2.04 bits per heavy atom. The van der Waals surface area contributed by atoms with Gasteiger partial charge in [-0.2, -0.15) is 0 Å². The number of carboxylic acid groups (broad SMARTS) is 1. The van der Waals surface area contributed by atoms with Crippen LogP contribution in [0.25, 0.3) is 0 Å². The van der Waals surface area contributed by atoms with E-state index in [2.05, 4.69) is 18.7 Å². The molecule has 0 bridgehead atoms. The predicted molar refractivity (Wildman–Crippen MR) is 105 cm³/mol. The van der Waals surface area contributed by atoms with Gasteiger partial charge in [0.15, 0.2) is 0 Å². The van der Waals surface area contributed by atoms with Gasteiger partial charge in [-0.15, -0.1) is 11.3 Å². The van der Waals surface area contributed by atoms with Crippen molar-refractivity contribution in [3.63, 3.8) is 0 Å². The molecule has 1 N–H and O–H groups in total. The molecule has 1 atom stereocenters. The lowest BCUT2D eigenvalue weighted by atomic mass is 9.97. The number of benzene rings is 1. The van der Waals surface area contributed by atoms with Crippen LogP contribution in [0.2, 0.25) is 0 Å². The van der Waals surface area contributed by atoms with Gasteiger partial charge < -0.3 is 19.5 Å². The van der Waals surface area contributed by atoms with Gasteiger partial charge in [-0.3, -0.25) is 4.79 Å². The minimum atomic E-state index is -0.822. The zero-order valence-electron chi connectivity index (χ0n) is 15.6. The molecule has 2 rings (SSSR count). The fourth-order valence-electron chi connectivity index (χ4n) is 2.81. The number of ether oxygens (including phenoxy) is 2. The molecule has 26 heavy (non-hydrogen) atoms. The quantitative estimate of drug-likeness (QED) is 0.644. The number of carboxylic acids is 1. The van der Waals surface area contributed by atoms with Gasteiger partial charge in [-0.25, -0.2) is 0 Å². The van der Waals surface area contributed by atoms with E-state index in [1.807, 2.05) is 35.7 Å². The summed E-state index contributed by atoms with van der Waals surface area (Å²) in [6.45, 7) is 7.59. The second-order valence-corrected chi connectivity index (χ2v) is 6.94. The van der Waals surface area contributed by atoms with E-state index in [9.17, 15) is 9.90 Å². The molecule has 0 aliphatic heterocycles. The van der Waals surface area contributed by atoms with Crippen LogP contribution in [0.1, 0.15) is 30.2 Å². The summed E-state index contributed by atoms with van der Waals surface area (Å²) in [6.07, 6.45) is 0.389. The van der Waals surface area contributed by atoms with Crippen LogP contribution in [0.5, 0.6) is 11.5 Å². The summed E-state index contributed by atoms with van der Waals surface area (Å²) in [7, 11) is 1.61. The zero-order chi connectivity index (χ0) is 18.9. The minimum absolute atomic E-state index is 0.389. The fourth-order valence-corrected chi connectivity index (χ4v) is 3.63. The average molecular weight is 378 g/mol. The van der Waals surface area contributed by atoms with E-state index in [1.54, 1.807) is 7.11 Å². The van der Waals surface area contributed by atoms with Crippen LogP contribution in [0.15, 0.2) is 35.7 Å². The highest BCUT2D eigenvalue weighted by molar-refractivity contribution is 7.10. The Morgan fingerprint density at radius 1 is 1.27 bits per heavy atom. The number of aliphatic carboxylic acids is 1. The molecule has 6 heteroatoms. The molecular weight excluding hydrogens is 350 g/mol. The van der Waals surface area contributed by atoms with Gasteiger partial charge in [0.2, 0.25) is 0 Å². The van der Waals surface area contributed by atoms with Gasteiger partial charge in [-0.05, 0) is 42.6 Å². The molecule has 0 aliphatic rings. The van der Waals surface area contributed by atoms with Crippen LogP contribution in [0, 0.1) is 0 Å². The maximum atomic E-state index is 11.8. The van der Waals surface area contributed by atoms with E-state index in [1.165, 1.54) is 11.3 Å². The molecule has 0 spiro atoms. The number of thiophene rings is 1. The third-order valence-electron chi connectivity index (χ3n) is 4.44. The second-order valence-electron chi connectivity index (χ2n) is 5.96. The lowest BCUT2D eigenvalue weighted by Crippen LogP contribution is -2.28. The lowest BCUT2D eigenvalue weighted by Gasteiger charge is -2.20. The topological polar surface area (TPSA) is 59.0 Å². The first-order valence-electron chi connectivity index (χ1n) is 8.87. The molecule has 0 radical (unpaired) electrons. The highest BCUT2D eigenvalue weighted by Crippen LogP contribution is 2.32. The van der Waals surface area contributed by atoms with Crippen LogP contribution >= 0.6 is 11.3 Å². The normalized spacial score (nSPS) is 12.2. The highest BCUT2D eigenvalue weighted by Gasteiger charge is 2.23. The third kappa shape index (κ3) is 5.47. The number of carbonyl (C=O) groups is 1. The van der Waals surface area contributed by atoms with Crippen molar-refractivity contribution in [2.75, 3.05) is 33.4 Å². The largest absolute Gasteiger partial charge is 0.497 e. The molecule has 1 heterocycles. The van der Waals surface area contributed by atoms with Crippen molar-refractivity contribution in [1.82, 2.24) is 4.90 Å². The third-order valence-corrected chi connectivity index (χ3v) is 5.43. The van der Waals surface area contributed by atoms with Gasteiger partial charge >= 0.3 is 5.97 Å². The molecule has 0 fully saturated rings. The molecule has 1 unspecified atom stereocenters. The maximum absolute atomic E-state index is 11.8. The molecule has 1 aromatic heterocycles. The standard InChI is InChI=1S/C20H27NO4S/c1-4-21(5-2)10-11-25-18-14-16(24-3)9-8-15(18)13-17(20(22)23)19-7-6-12-26-19/h6-9,12,14,17H,4-5,10-11,13H2,1-3H3,(H,22,23). The summed E-state index contributed by atoms with van der Waals surface area (Å²) in [6, 6.07) is 9.33. The Labute approximate surface area is 159 Å². The molecule has 0 amide bonds. The zero-order valence-corrected chi connectivity index (χ0v) is 16.4.